The minimum Gasteiger partial charge on any atom is -0.376 e. The maximum atomic E-state index is 12.1. The molecule has 1 amide bonds. The van der Waals surface area contributed by atoms with Crippen molar-refractivity contribution in [3.05, 3.63) is 29.4 Å². The molecule has 2 aromatic heterocycles. The van der Waals surface area contributed by atoms with Crippen molar-refractivity contribution in [2.45, 2.75) is 52.2 Å². The van der Waals surface area contributed by atoms with Crippen molar-refractivity contribution in [2.24, 2.45) is 0 Å². The number of hydrogen-bond acceptors (Lipinski definition) is 5. The van der Waals surface area contributed by atoms with Crippen molar-refractivity contribution in [2.75, 3.05) is 11.9 Å². The van der Waals surface area contributed by atoms with Gasteiger partial charge in [0.25, 0.3) is 0 Å². The number of aromatic nitrogens is 3. The minimum absolute atomic E-state index is 0.104. The third-order valence-corrected chi connectivity index (χ3v) is 4.10. The zero-order valence-electron chi connectivity index (χ0n) is 13.5. The average molecular weight is 318 g/mol. The average Bonchev–Trinajstić information content (AvgIpc) is 3.09. The van der Waals surface area contributed by atoms with Gasteiger partial charge in [-0.25, -0.2) is 0 Å². The second-order valence-electron chi connectivity index (χ2n) is 5.97. The number of rotatable bonds is 5. The first-order valence-corrected chi connectivity index (χ1v) is 7.97. The molecule has 0 radical (unpaired) electrons. The minimum atomic E-state index is -0.104. The smallest absolute Gasteiger partial charge is 0.229 e. The Balaban J connectivity index is 1.55. The van der Waals surface area contributed by atoms with Crippen LogP contribution in [0.1, 0.15) is 36.3 Å². The first-order chi connectivity index (χ1) is 11.1. The summed E-state index contributed by atoms with van der Waals surface area (Å²) in [6.45, 7) is 5.19. The van der Waals surface area contributed by atoms with Crippen LogP contribution >= 0.6 is 0 Å². The van der Waals surface area contributed by atoms with Gasteiger partial charge in [-0.1, -0.05) is 5.16 Å². The number of carbonyl (C=O) groups excluding carboxylic acids is 1. The molecular formula is C16H22N4O3. The topological polar surface area (TPSA) is 82.2 Å². The van der Waals surface area contributed by atoms with E-state index in [4.69, 9.17) is 9.26 Å². The molecule has 7 heteroatoms. The van der Waals surface area contributed by atoms with E-state index in [2.05, 4.69) is 15.6 Å². The third kappa shape index (κ3) is 3.98. The Hall–Kier alpha value is -2.15. The van der Waals surface area contributed by atoms with Crippen LogP contribution in [-0.4, -0.2) is 33.6 Å². The molecule has 1 aliphatic rings. The summed E-state index contributed by atoms with van der Waals surface area (Å²) in [5.74, 6) is 0.579. The van der Waals surface area contributed by atoms with Gasteiger partial charge in [0, 0.05) is 18.4 Å². The second kappa shape index (κ2) is 6.95. The van der Waals surface area contributed by atoms with E-state index in [1.165, 1.54) is 6.42 Å². The zero-order chi connectivity index (χ0) is 16.2. The van der Waals surface area contributed by atoms with Crippen LogP contribution in [0.25, 0.3) is 0 Å². The summed E-state index contributed by atoms with van der Waals surface area (Å²) >= 11 is 0. The summed E-state index contributed by atoms with van der Waals surface area (Å²) in [6.07, 6.45) is 7.36. The molecule has 3 heterocycles. The number of carbonyl (C=O) groups is 1. The molecule has 0 unspecified atom stereocenters. The molecule has 0 bridgehead atoms. The van der Waals surface area contributed by atoms with Crippen LogP contribution in [0.3, 0.4) is 0 Å². The number of hydrogen-bond donors (Lipinski definition) is 1. The zero-order valence-corrected chi connectivity index (χ0v) is 13.5. The van der Waals surface area contributed by atoms with Gasteiger partial charge in [-0.05, 0) is 33.1 Å². The Kier molecular flexibility index (Phi) is 4.76. The van der Waals surface area contributed by atoms with Crippen molar-refractivity contribution in [3.8, 4) is 0 Å². The van der Waals surface area contributed by atoms with Crippen LogP contribution < -0.4 is 5.32 Å². The largest absolute Gasteiger partial charge is 0.376 e. The highest BCUT2D eigenvalue weighted by atomic mass is 16.5. The normalized spacial score (nSPS) is 18.1. The highest BCUT2D eigenvalue weighted by Crippen LogP contribution is 2.16. The van der Waals surface area contributed by atoms with E-state index in [9.17, 15) is 4.79 Å². The van der Waals surface area contributed by atoms with Gasteiger partial charge >= 0.3 is 0 Å². The van der Waals surface area contributed by atoms with E-state index in [0.717, 1.165) is 37.3 Å². The molecular weight excluding hydrogens is 296 g/mol. The van der Waals surface area contributed by atoms with E-state index in [1.807, 2.05) is 24.7 Å². The van der Waals surface area contributed by atoms with Gasteiger partial charge < -0.3 is 14.6 Å². The Labute approximate surface area is 135 Å². The monoisotopic (exact) mass is 318 g/mol. The maximum Gasteiger partial charge on any atom is 0.229 e. The van der Waals surface area contributed by atoms with Gasteiger partial charge in [-0.3, -0.25) is 9.48 Å². The predicted octanol–water partition coefficient (Wildman–Crippen LogP) is 2.24. The summed E-state index contributed by atoms with van der Waals surface area (Å²) in [6, 6.07) is 0. The van der Waals surface area contributed by atoms with Gasteiger partial charge in [0.05, 0.1) is 36.6 Å². The number of anilines is 1. The highest BCUT2D eigenvalue weighted by molar-refractivity contribution is 5.92. The lowest BCUT2D eigenvalue weighted by Gasteiger charge is -2.22. The van der Waals surface area contributed by atoms with Gasteiger partial charge in [-0.15, -0.1) is 0 Å². The van der Waals surface area contributed by atoms with Crippen molar-refractivity contribution < 1.29 is 14.1 Å². The van der Waals surface area contributed by atoms with Crippen molar-refractivity contribution in [3.63, 3.8) is 0 Å². The second-order valence-corrected chi connectivity index (χ2v) is 5.97. The quantitative estimate of drug-likeness (QED) is 0.914. The Morgan fingerprint density at radius 3 is 3.00 bits per heavy atom. The molecule has 0 aliphatic carbocycles. The molecule has 2 aromatic rings. The van der Waals surface area contributed by atoms with Crippen LogP contribution in [0.5, 0.6) is 0 Å². The number of amides is 1. The summed E-state index contributed by atoms with van der Waals surface area (Å²) in [7, 11) is 0. The Bertz CT molecular complexity index is 651. The van der Waals surface area contributed by atoms with Gasteiger partial charge in [0.2, 0.25) is 5.91 Å². The fourth-order valence-electron chi connectivity index (χ4n) is 2.81. The molecule has 1 atom stereocenters. The molecule has 124 valence electrons. The first kappa shape index (κ1) is 15.7. The molecule has 7 nitrogen and oxygen atoms in total. The SMILES string of the molecule is Cc1noc(C)c1CC(=O)Nc1cnn(C[C@H]2CCCCO2)c1. The first-order valence-electron chi connectivity index (χ1n) is 7.97. The van der Waals surface area contributed by atoms with Crippen molar-refractivity contribution in [1.29, 1.82) is 0 Å². The van der Waals surface area contributed by atoms with E-state index < -0.39 is 0 Å². The van der Waals surface area contributed by atoms with E-state index in [0.29, 0.717) is 11.4 Å². The van der Waals surface area contributed by atoms with Crippen LogP contribution in [0.2, 0.25) is 0 Å². The molecule has 1 aliphatic heterocycles. The number of nitrogens with one attached hydrogen (secondary N) is 1. The lowest BCUT2D eigenvalue weighted by atomic mass is 10.1. The lowest BCUT2D eigenvalue weighted by molar-refractivity contribution is -0.115. The van der Waals surface area contributed by atoms with Gasteiger partial charge in [0.15, 0.2) is 0 Å². The fraction of sp³-hybridized carbons (Fsp3) is 0.562. The number of ether oxygens (including phenoxy) is 1. The van der Waals surface area contributed by atoms with Gasteiger partial charge in [-0.2, -0.15) is 5.10 Å². The summed E-state index contributed by atoms with van der Waals surface area (Å²) in [5.41, 5.74) is 2.28. The molecule has 1 fully saturated rings. The van der Waals surface area contributed by atoms with Crippen molar-refractivity contribution >= 4 is 11.6 Å². The highest BCUT2D eigenvalue weighted by Gasteiger charge is 2.16. The van der Waals surface area contributed by atoms with Crippen LogP contribution in [-0.2, 0) is 22.5 Å². The van der Waals surface area contributed by atoms with E-state index in [1.54, 1.807) is 6.20 Å². The molecule has 0 aromatic carbocycles. The molecule has 0 saturated carbocycles. The Morgan fingerprint density at radius 2 is 2.30 bits per heavy atom. The summed E-state index contributed by atoms with van der Waals surface area (Å²) in [4.78, 5) is 12.1. The molecule has 3 rings (SSSR count). The summed E-state index contributed by atoms with van der Waals surface area (Å²) < 4.78 is 12.6. The molecule has 1 N–H and O–H groups in total. The summed E-state index contributed by atoms with van der Waals surface area (Å²) in [5, 5.41) is 11.0. The van der Waals surface area contributed by atoms with Crippen molar-refractivity contribution in [1.82, 2.24) is 14.9 Å². The van der Waals surface area contributed by atoms with Crippen LogP contribution in [0, 0.1) is 13.8 Å². The molecule has 0 spiro atoms. The standard InChI is InChI=1S/C16H22N4O3/c1-11-15(12(2)23-19-11)7-16(21)18-13-8-17-20(9-13)10-14-5-3-4-6-22-14/h8-9,14H,3-7,10H2,1-2H3,(H,18,21)/t14-/m1/s1. The van der Waals surface area contributed by atoms with Gasteiger partial charge in [0.1, 0.15) is 5.76 Å². The van der Waals surface area contributed by atoms with Crippen LogP contribution in [0.4, 0.5) is 5.69 Å². The van der Waals surface area contributed by atoms with E-state index >= 15 is 0 Å². The number of aryl methyl sites for hydroxylation is 2. The number of nitrogens with zero attached hydrogens (tertiary/aromatic N) is 3. The van der Waals surface area contributed by atoms with E-state index in [-0.39, 0.29) is 18.4 Å². The Morgan fingerprint density at radius 1 is 1.43 bits per heavy atom. The predicted molar refractivity (Wildman–Crippen MR) is 84.1 cm³/mol. The third-order valence-electron chi connectivity index (χ3n) is 4.10. The molecule has 23 heavy (non-hydrogen) atoms. The lowest BCUT2D eigenvalue weighted by Crippen LogP contribution is -2.24. The fourth-order valence-corrected chi connectivity index (χ4v) is 2.81. The van der Waals surface area contributed by atoms with Crippen LogP contribution in [0.15, 0.2) is 16.9 Å². The molecule has 1 saturated heterocycles. The maximum absolute atomic E-state index is 12.1.